The SMILES string of the molecule is [2H]C([2H])([2H])C(C([2H])([2H])[2H])S(=O)(=O)c1ccc(Br)cc1. The van der Waals surface area contributed by atoms with Crippen molar-refractivity contribution in [2.24, 2.45) is 0 Å². The van der Waals surface area contributed by atoms with E-state index in [1.165, 1.54) is 24.3 Å². The first-order valence-corrected chi connectivity index (χ1v) is 5.70. The maximum Gasteiger partial charge on any atom is 0.180 e. The zero-order valence-electron chi connectivity index (χ0n) is 12.5. The predicted molar refractivity (Wildman–Crippen MR) is 56.5 cm³/mol. The van der Waals surface area contributed by atoms with Crippen molar-refractivity contribution in [2.75, 3.05) is 0 Å². The van der Waals surface area contributed by atoms with E-state index in [9.17, 15) is 8.42 Å². The number of sulfone groups is 1. The maximum atomic E-state index is 12.2. The molecule has 0 radical (unpaired) electrons. The van der Waals surface area contributed by atoms with Gasteiger partial charge in [0, 0.05) is 12.7 Å². The minimum absolute atomic E-state index is 0.326. The van der Waals surface area contributed by atoms with Crippen LogP contribution < -0.4 is 0 Å². The zero-order valence-corrected chi connectivity index (χ0v) is 8.89. The molecule has 0 aromatic heterocycles. The maximum absolute atomic E-state index is 12.2. The highest BCUT2D eigenvalue weighted by atomic mass is 79.9. The van der Waals surface area contributed by atoms with Crippen molar-refractivity contribution in [3.63, 3.8) is 0 Å². The van der Waals surface area contributed by atoms with Crippen LogP contribution in [0.5, 0.6) is 0 Å². The van der Waals surface area contributed by atoms with Gasteiger partial charge in [-0.3, -0.25) is 0 Å². The molecule has 0 saturated carbocycles. The first-order chi connectivity index (χ1) is 8.37. The van der Waals surface area contributed by atoms with Gasteiger partial charge in [0.05, 0.1) is 10.1 Å². The topological polar surface area (TPSA) is 34.1 Å². The molecule has 0 aliphatic carbocycles. The van der Waals surface area contributed by atoms with Gasteiger partial charge in [0.1, 0.15) is 0 Å². The largest absolute Gasteiger partial charge is 0.223 e. The number of rotatable bonds is 2. The minimum Gasteiger partial charge on any atom is -0.223 e. The summed E-state index contributed by atoms with van der Waals surface area (Å²) in [6.45, 7) is -6.26. The van der Waals surface area contributed by atoms with E-state index >= 15 is 0 Å². The second-order valence-electron chi connectivity index (χ2n) is 2.38. The van der Waals surface area contributed by atoms with Gasteiger partial charge in [-0.15, -0.1) is 0 Å². The summed E-state index contributed by atoms with van der Waals surface area (Å²) in [7, 11) is -4.48. The molecule has 0 fully saturated rings. The normalized spacial score (nSPS) is 20.8. The predicted octanol–water partition coefficient (Wildman–Crippen LogP) is 2.63. The Kier molecular flexibility index (Phi) is 1.44. The van der Waals surface area contributed by atoms with Gasteiger partial charge in [0.25, 0.3) is 0 Å². The third kappa shape index (κ3) is 2.31. The van der Waals surface area contributed by atoms with Crippen LogP contribution >= 0.6 is 15.9 Å². The monoisotopic (exact) mass is 268 g/mol. The number of hydrogen-bond donors (Lipinski definition) is 0. The summed E-state index contributed by atoms with van der Waals surface area (Å²) in [6, 6.07) is 5.15. The molecule has 0 aliphatic rings. The molecule has 0 amide bonds. The van der Waals surface area contributed by atoms with Crippen LogP contribution in [0.15, 0.2) is 33.6 Å². The van der Waals surface area contributed by atoms with Gasteiger partial charge in [-0.1, -0.05) is 15.9 Å². The average molecular weight is 269 g/mol. The van der Waals surface area contributed by atoms with Crippen LogP contribution in [0.3, 0.4) is 0 Å². The summed E-state index contributed by atoms with van der Waals surface area (Å²) < 4.78 is 68.1. The van der Waals surface area contributed by atoms with Crippen molar-refractivity contribution < 1.29 is 16.6 Å². The number of halogens is 1. The third-order valence-corrected chi connectivity index (χ3v) is 3.53. The Morgan fingerprint density at radius 1 is 1.31 bits per heavy atom. The van der Waals surface area contributed by atoms with E-state index in [0.717, 1.165) is 0 Å². The van der Waals surface area contributed by atoms with Crippen LogP contribution in [0.25, 0.3) is 0 Å². The Bertz CT molecular complexity index is 532. The van der Waals surface area contributed by atoms with Crippen molar-refractivity contribution in [3.8, 4) is 0 Å². The van der Waals surface area contributed by atoms with Crippen molar-refractivity contribution >= 4 is 25.8 Å². The van der Waals surface area contributed by atoms with Crippen molar-refractivity contribution in [3.05, 3.63) is 28.7 Å². The summed E-state index contributed by atoms with van der Waals surface area (Å²) >= 11 is 3.11. The molecule has 1 rings (SSSR count). The lowest BCUT2D eigenvalue weighted by Crippen LogP contribution is -2.13. The van der Waals surface area contributed by atoms with Crippen LogP contribution in [0.1, 0.15) is 21.9 Å². The molecule has 0 saturated heterocycles. The van der Waals surface area contributed by atoms with Gasteiger partial charge in [-0.2, -0.15) is 0 Å². The first kappa shape index (κ1) is 4.94. The van der Waals surface area contributed by atoms with E-state index < -0.39 is 28.8 Å². The van der Waals surface area contributed by atoms with Gasteiger partial charge in [0.2, 0.25) is 0 Å². The Labute approximate surface area is 95.4 Å². The molecule has 0 aliphatic heterocycles. The van der Waals surface area contributed by atoms with E-state index in [1.54, 1.807) is 0 Å². The fourth-order valence-electron chi connectivity index (χ4n) is 0.760. The third-order valence-electron chi connectivity index (χ3n) is 1.45. The fraction of sp³-hybridized carbons (Fsp3) is 0.333. The second kappa shape index (κ2) is 3.80. The quantitative estimate of drug-likeness (QED) is 0.827. The van der Waals surface area contributed by atoms with Crippen LogP contribution in [-0.4, -0.2) is 13.7 Å². The van der Waals surface area contributed by atoms with Crippen LogP contribution in [0.2, 0.25) is 0 Å². The van der Waals surface area contributed by atoms with Crippen molar-refractivity contribution in [1.29, 1.82) is 0 Å². The summed E-state index contributed by atoms with van der Waals surface area (Å²) in [5, 5.41) is -2.44. The Balaban J connectivity index is 3.41. The second-order valence-corrected chi connectivity index (χ2v) is 5.33. The molecule has 13 heavy (non-hydrogen) atoms. The molecular formula is C9H11BrO2S. The lowest BCUT2D eigenvalue weighted by Gasteiger charge is -2.06. The van der Waals surface area contributed by atoms with Crippen molar-refractivity contribution in [2.45, 2.75) is 23.8 Å². The Morgan fingerprint density at radius 2 is 1.85 bits per heavy atom. The summed E-state index contributed by atoms with van der Waals surface area (Å²) in [4.78, 5) is -0.326. The molecule has 0 bridgehead atoms. The number of benzene rings is 1. The van der Waals surface area contributed by atoms with Gasteiger partial charge in [-0.05, 0) is 38.0 Å². The molecule has 4 heteroatoms. The molecule has 72 valence electrons. The minimum atomic E-state index is -4.48. The Morgan fingerprint density at radius 3 is 2.31 bits per heavy atom. The standard InChI is InChI=1S/C9H11BrO2S/c1-7(2)13(11,12)9-5-3-8(10)4-6-9/h3-7H,1-2H3/i1D3,2D3. The summed E-state index contributed by atoms with van der Waals surface area (Å²) in [5.41, 5.74) is 0. The molecule has 0 N–H and O–H groups in total. The molecular weight excluding hydrogens is 252 g/mol. The number of hydrogen-bond acceptors (Lipinski definition) is 2. The molecule has 0 atom stereocenters. The molecule has 1 aromatic carbocycles. The van der Waals surface area contributed by atoms with Crippen LogP contribution in [-0.2, 0) is 9.84 Å². The average Bonchev–Trinajstić information content (AvgIpc) is 2.12. The van der Waals surface area contributed by atoms with Crippen LogP contribution in [0, 0.1) is 0 Å². The van der Waals surface area contributed by atoms with Gasteiger partial charge in [-0.25, -0.2) is 8.42 Å². The molecule has 0 unspecified atom stereocenters. The highest BCUT2D eigenvalue weighted by molar-refractivity contribution is 9.10. The molecule has 0 spiro atoms. The fourth-order valence-corrected chi connectivity index (χ4v) is 1.81. The summed E-state index contributed by atoms with van der Waals surface area (Å²) in [5.74, 6) is 0. The first-order valence-electron chi connectivity index (χ1n) is 6.36. The van der Waals surface area contributed by atoms with Gasteiger partial charge >= 0.3 is 0 Å². The van der Waals surface area contributed by atoms with E-state index in [-0.39, 0.29) is 4.90 Å². The van der Waals surface area contributed by atoms with E-state index in [4.69, 9.17) is 8.22 Å². The van der Waals surface area contributed by atoms with Gasteiger partial charge in [0.15, 0.2) is 9.84 Å². The van der Waals surface area contributed by atoms with E-state index in [2.05, 4.69) is 15.9 Å². The van der Waals surface area contributed by atoms with Gasteiger partial charge < -0.3 is 0 Å². The van der Waals surface area contributed by atoms with E-state index in [1.807, 2.05) is 0 Å². The highest BCUT2D eigenvalue weighted by Gasteiger charge is 2.18. The lowest BCUT2D eigenvalue weighted by atomic mass is 10.4. The summed E-state index contributed by atoms with van der Waals surface area (Å²) in [6.07, 6.45) is 0. The molecule has 1 aromatic rings. The highest BCUT2D eigenvalue weighted by Crippen LogP contribution is 2.18. The molecule has 2 nitrogen and oxygen atoms in total. The van der Waals surface area contributed by atoms with E-state index in [0.29, 0.717) is 4.47 Å². The molecule has 0 heterocycles. The van der Waals surface area contributed by atoms with Crippen LogP contribution in [0.4, 0.5) is 0 Å². The lowest BCUT2D eigenvalue weighted by molar-refractivity contribution is 0.587. The smallest absolute Gasteiger partial charge is 0.180 e. The zero-order chi connectivity index (χ0) is 15.1. The van der Waals surface area contributed by atoms with Crippen molar-refractivity contribution in [1.82, 2.24) is 0 Å². The Hall–Kier alpha value is -0.350.